The number of likely N-dealkylation sites (tertiary alicyclic amines) is 1. The Hall–Kier alpha value is -1.83. The third kappa shape index (κ3) is 3.93. The highest BCUT2D eigenvalue weighted by molar-refractivity contribution is 5.80. The van der Waals surface area contributed by atoms with Crippen LogP contribution in [0.25, 0.3) is 10.9 Å². The highest BCUT2D eigenvalue weighted by atomic mass is 19.3. The summed E-state index contributed by atoms with van der Waals surface area (Å²) < 4.78 is 56.7. The fourth-order valence-corrected chi connectivity index (χ4v) is 2.86. The standard InChI is InChI=1S/C15H17F4N3O/c16-14(17)23-12-2-3-13-11(8-12)9-20-22(13)6-1-5-21-7-4-15(18,19)10-21/h2-3,8-9,14H,1,4-7,10H2. The Bertz CT molecular complexity index is 674. The number of benzene rings is 1. The summed E-state index contributed by atoms with van der Waals surface area (Å²) in [6, 6.07) is 4.64. The molecule has 1 saturated heterocycles. The van der Waals surface area contributed by atoms with Crippen molar-refractivity contribution in [2.24, 2.45) is 0 Å². The summed E-state index contributed by atoms with van der Waals surface area (Å²) in [6.07, 6.45) is 2.20. The van der Waals surface area contributed by atoms with Crippen LogP contribution in [0.15, 0.2) is 24.4 Å². The van der Waals surface area contributed by atoms with Crippen LogP contribution in [0.5, 0.6) is 5.75 Å². The minimum Gasteiger partial charge on any atom is -0.435 e. The lowest BCUT2D eigenvalue weighted by Crippen LogP contribution is -2.26. The number of hydrogen-bond acceptors (Lipinski definition) is 3. The third-order valence-corrected chi connectivity index (χ3v) is 3.93. The molecule has 0 radical (unpaired) electrons. The molecule has 4 nitrogen and oxygen atoms in total. The number of aromatic nitrogens is 2. The summed E-state index contributed by atoms with van der Waals surface area (Å²) in [5, 5.41) is 4.92. The number of halogens is 4. The Morgan fingerprint density at radius 1 is 1.26 bits per heavy atom. The minimum absolute atomic E-state index is 0.0788. The van der Waals surface area contributed by atoms with E-state index < -0.39 is 12.5 Å². The molecule has 0 spiro atoms. The van der Waals surface area contributed by atoms with E-state index in [1.54, 1.807) is 21.8 Å². The van der Waals surface area contributed by atoms with E-state index >= 15 is 0 Å². The molecular formula is C15H17F4N3O. The summed E-state index contributed by atoms with van der Waals surface area (Å²) in [4.78, 5) is 1.75. The Kier molecular flexibility index (Phi) is 4.43. The lowest BCUT2D eigenvalue weighted by Gasteiger charge is -2.15. The third-order valence-electron chi connectivity index (χ3n) is 3.93. The smallest absolute Gasteiger partial charge is 0.387 e. The van der Waals surface area contributed by atoms with Crippen LogP contribution in [-0.2, 0) is 6.54 Å². The highest BCUT2D eigenvalue weighted by Crippen LogP contribution is 2.27. The fraction of sp³-hybridized carbons (Fsp3) is 0.533. The SMILES string of the molecule is FC(F)Oc1ccc2c(cnn2CCCN2CCC(F)(F)C2)c1. The molecule has 0 aliphatic carbocycles. The summed E-state index contributed by atoms with van der Waals surface area (Å²) >= 11 is 0. The lowest BCUT2D eigenvalue weighted by atomic mass is 10.2. The van der Waals surface area contributed by atoms with Crippen molar-refractivity contribution in [2.45, 2.75) is 31.9 Å². The van der Waals surface area contributed by atoms with Crippen LogP contribution >= 0.6 is 0 Å². The zero-order valence-corrected chi connectivity index (χ0v) is 12.4. The van der Waals surface area contributed by atoms with Gasteiger partial charge in [-0.3, -0.25) is 9.58 Å². The maximum Gasteiger partial charge on any atom is 0.387 e. The Labute approximate surface area is 130 Å². The average molecular weight is 331 g/mol. The molecule has 1 aliphatic rings. The second-order valence-corrected chi connectivity index (χ2v) is 5.70. The number of aryl methyl sites for hydroxylation is 1. The molecule has 0 atom stereocenters. The van der Waals surface area contributed by atoms with Crippen LogP contribution in [0.3, 0.4) is 0 Å². The molecule has 3 rings (SSSR count). The van der Waals surface area contributed by atoms with Gasteiger partial charge in [0.2, 0.25) is 0 Å². The van der Waals surface area contributed by atoms with Gasteiger partial charge < -0.3 is 4.74 Å². The maximum atomic E-state index is 13.1. The highest BCUT2D eigenvalue weighted by Gasteiger charge is 2.37. The Morgan fingerprint density at radius 2 is 2.09 bits per heavy atom. The van der Waals surface area contributed by atoms with Crippen LogP contribution in [-0.4, -0.2) is 46.8 Å². The predicted molar refractivity (Wildman–Crippen MR) is 77.0 cm³/mol. The molecule has 8 heteroatoms. The molecule has 0 saturated carbocycles. The number of fused-ring (bicyclic) bond motifs is 1. The van der Waals surface area contributed by atoms with E-state index in [1.807, 2.05) is 0 Å². The van der Waals surface area contributed by atoms with Crippen molar-refractivity contribution in [1.82, 2.24) is 14.7 Å². The van der Waals surface area contributed by atoms with Crippen molar-refractivity contribution in [1.29, 1.82) is 0 Å². The largest absolute Gasteiger partial charge is 0.435 e. The molecule has 1 aromatic heterocycles. The van der Waals surface area contributed by atoms with Gasteiger partial charge in [0.05, 0.1) is 18.3 Å². The lowest BCUT2D eigenvalue weighted by molar-refractivity contribution is -0.0497. The van der Waals surface area contributed by atoms with Gasteiger partial charge in [-0.15, -0.1) is 0 Å². The molecule has 0 amide bonds. The van der Waals surface area contributed by atoms with Crippen LogP contribution in [0.2, 0.25) is 0 Å². The second-order valence-electron chi connectivity index (χ2n) is 5.70. The van der Waals surface area contributed by atoms with Crippen LogP contribution in [0.4, 0.5) is 17.6 Å². The molecule has 1 aromatic carbocycles. The van der Waals surface area contributed by atoms with Crippen LogP contribution in [0.1, 0.15) is 12.8 Å². The summed E-state index contributed by atoms with van der Waals surface area (Å²) in [6.45, 7) is -1.45. The van der Waals surface area contributed by atoms with Crippen molar-refractivity contribution in [3.63, 3.8) is 0 Å². The normalized spacial score (nSPS) is 18.1. The van der Waals surface area contributed by atoms with Gasteiger partial charge in [-0.1, -0.05) is 0 Å². The van der Waals surface area contributed by atoms with Gasteiger partial charge in [0.15, 0.2) is 0 Å². The first-order valence-corrected chi connectivity index (χ1v) is 7.43. The molecule has 1 fully saturated rings. The Balaban J connectivity index is 1.58. The van der Waals surface area contributed by atoms with Crippen molar-refractivity contribution < 1.29 is 22.3 Å². The second kappa shape index (κ2) is 6.35. The number of hydrogen-bond donors (Lipinski definition) is 0. The van der Waals surface area contributed by atoms with E-state index in [0.717, 1.165) is 5.52 Å². The number of alkyl halides is 4. The molecule has 126 valence electrons. The summed E-state index contributed by atoms with van der Waals surface area (Å²) in [5.41, 5.74) is 0.804. The van der Waals surface area contributed by atoms with E-state index in [1.165, 1.54) is 12.1 Å². The molecular weight excluding hydrogens is 314 g/mol. The van der Waals surface area contributed by atoms with Gasteiger partial charge in [0, 0.05) is 31.4 Å². The monoisotopic (exact) mass is 331 g/mol. The van der Waals surface area contributed by atoms with Gasteiger partial charge in [0.25, 0.3) is 5.92 Å². The van der Waals surface area contributed by atoms with E-state index in [0.29, 0.717) is 31.4 Å². The van der Waals surface area contributed by atoms with Gasteiger partial charge in [-0.05, 0) is 24.6 Å². The molecule has 1 aliphatic heterocycles. The maximum absolute atomic E-state index is 13.1. The summed E-state index contributed by atoms with van der Waals surface area (Å²) in [7, 11) is 0. The molecule has 2 heterocycles. The van der Waals surface area contributed by atoms with E-state index in [9.17, 15) is 17.6 Å². The average Bonchev–Trinajstić information content (AvgIpc) is 3.01. The van der Waals surface area contributed by atoms with E-state index in [2.05, 4.69) is 9.84 Å². The minimum atomic E-state index is -2.86. The van der Waals surface area contributed by atoms with Crippen molar-refractivity contribution in [2.75, 3.05) is 19.6 Å². The van der Waals surface area contributed by atoms with Crippen molar-refractivity contribution in [3.05, 3.63) is 24.4 Å². The molecule has 23 heavy (non-hydrogen) atoms. The van der Waals surface area contributed by atoms with E-state index in [4.69, 9.17) is 0 Å². The fourth-order valence-electron chi connectivity index (χ4n) is 2.86. The van der Waals surface area contributed by atoms with Crippen LogP contribution < -0.4 is 4.74 Å². The Morgan fingerprint density at radius 3 is 2.78 bits per heavy atom. The topological polar surface area (TPSA) is 30.3 Å². The van der Waals surface area contributed by atoms with Crippen molar-refractivity contribution >= 4 is 10.9 Å². The van der Waals surface area contributed by atoms with Gasteiger partial charge in [-0.25, -0.2) is 8.78 Å². The first-order chi connectivity index (χ1) is 10.9. The first kappa shape index (κ1) is 16.0. The summed E-state index contributed by atoms with van der Waals surface area (Å²) in [5.74, 6) is -2.48. The zero-order chi connectivity index (χ0) is 16.4. The molecule has 0 unspecified atom stereocenters. The quantitative estimate of drug-likeness (QED) is 0.760. The molecule has 2 aromatic rings. The molecule has 0 bridgehead atoms. The number of rotatable bonds is 6. The number of nitrogens with zero attached hydrogens (tertiary/aromatic N) is 3. The zero-order valence-electron chi connectivity index (χ0n) is 12.4. The van der Waals surface area contributed by atoms with E-state index in [-0.39, 0.29) is 18.7 Å². The van der Waals surface area contributed by atoms with Gasteiger partial charge in [-0.2, -0.15) is 13.9 Å². The number of ether oxygens (including phenoxy) is 1. The predicted octanol–water partition coefficient (Wildman–Crippen LogP) is 3.37. The van der Waals surface area contributed by atoms with Crippen molar-refractivity contribution in [3.8, 4) is 5.75 Å². The molecule has 0 N–H and O–H groups in total. The van der Waals surface area contributed by atoms with Gasteiger partial charge >= 0.3 is 6.61 Å². The van der Waals surface area contributed by atoms with Crippen LogP contribution in [0, 0.1) is 0 Å². The van der Waals surface area contributed by atoms with Gasteiger partial charge in [0.1, 0.15) is 5.75 Å². The first-order valence-electron chi connectivity index (χ1n) is 7.43.